The molecule has 25 heavy (non-hydrogen) atoms. The van der Waals surface area contributed by atoms with E-state index in [0.717, 1.165) is 18.4 Å². The Hall–Kier alpha value is -3.12. The van der Waals surface area contributed by atoms with Gasteiger partial charge in [0.2, 0.25) is 5.91 Å². The highest BCUT2D eigenvalue weighted by Crippen LogP contribution is 2.24. The molecule has 6 nitrogen and oxygen atoms in total. The van der Waals surface area contributed by atoms with Gasteiger partial charge in [-0.1, -0.05) is 18.2 Å². The molecule has 0 saturated heterocycles. The number of hydrogen-bond acceptors (Lipinski definition) is 4. The molecule has 1 aromatic heterocycles. The van der Waals surface area contributed by atoms with Gasteiger partial charge >= 0.3 is 0 Å². The standard InChI is InChI=1S/C19H19N5O/c1-13(15-7-6-14-4-2-3-5-16(14)8-15)23-19(25)11-24-12-22-17(9-20)18(24)10-21/h6-8,12-13H,2-5,11H2,1H3,(H,23,25)/t13-/m1/s1. The monoisotopic (exact) mass is 333 g/mol. The Bertz CT molecular complexity index is 884. The van der Waals surface area contributed by atoms with Crippen LogP contribution >= 0.6 is 0 Å². The lowest BCUT2D eigenvalue weighted by atomic mass is 9.89. The third-order valence-corrected chi connectivity index (χ3v) is 4.61. The Morgan fingerprint density at radius 2 is 2.04 bits per heavy atom. The second-order valence-electron chi connectivity index (χ2n) is 6.32. The van der Waals surface area contributed by atoms with Crippen molar-refractivity contribution >= 4 is 5.91 Å². The van der Waals surface area contributed by atoms with Crippen molar-refractivity contribution in [2.45, 2.75) is 45.2 Å². The van der Waals surface area contributed by atoms with Crippen molar-refractivity contribution in [1.82, 2.24) is 14.9 Å². The molecule has 1 amide bonds. The molecule has 2 aromatic rings. The lowest BCUT2D eigenvalue weighted by Crippen LogP contribution is -2.30. The van der Waals surface area contributed by atoms with Crippen molar-refractivity contribution in [3.63, 3.8) is 0 Å². The normalized spacial score (nSPS) is 14.0. The van der Waals surface area contributed by atoms with Gasteiger partial charge in [0.15, 0.2) is 11.4 Å². The SMILES string of the molecule is C[C@@H](NC(=O)Cn1cnc(C#N)c1C#N)c1ccc2c(c1)CCCC2. The quantitative estimate of drug-likeness (QED) is 0.929. The number of carbonyl (C=O) groups is 1. The van der Waals surface area contributed by atoms with E-state index >= 15 is 0 Å². The fourth-order valence-corrected chi connectivity index (χ4v) is 3.25. The molecule has 1 heterocycles. The summed E-state index contributed by atoms with van der Waals surface area (Å²) in [5.74, 6) is -0.219. The van der Waals surface area contributed by atoms with Crippen molar-refractivity contribution < 1.29 is 4.79 Å². The van der Waals surface area contributed by atoms with Gasteiger partial charge in [0, 0.05) is 0 Å². The summed E-state index contributed by atoms with van der Waals surface area (Å²) in [4.78, 5) is 16.1. The summed E-state index contributed by atoms with van der Waals surface area (Å²) in [6.45, 7) is 1.91. The maximum atomic E-state index is 12.3. The van der Waals surface area contributed by atoms with E-state index < -0.39 is 0 Å². The first-order valence-corrected chi connectivity index (χ1v) is 8.38. The van der Waals surface area contributed by atoms with Gasteiger partial charge in [-0.05, 0) is 49.3 Å². The lowest BCUT2D eigenvalue weighted by Gasteiger charge is -2.20. The average molecular weight is 333 g/mol. The smallest absolute Gasteiger partial charge is 0.240 e. The highest BCUT2D eigenvalue weighted by atomic mass is 16.2. The van der Waals surface area contributed by atoms with Gasteiger partial charge in [-0.15, -0.1) is 0 Å². The molecular weight excluding hydrogens is 314 g/mol. The van der Waals surface area contributed by atoms with Crippen LogP contribution in [-0.2, 0) is 24.2 Å². The van der Waals surface area contributed by atoms with Crippen LogP contribution in [0, 0.1) is 22.7 Å². The zero-order valence-corrected chi connectivity index (χ0v) is 14.1. The predicted molar refractivity (Wildman–Crippen MR) is 91.3 cm³/mol. The minimum absolute atomic E-state index is 0.0349. The fraction of sp³-hybridized carbons (Fsp3) is 0.368. The third-order valence-electron chi connectivity index (χ3n) is 4.61. The molecule has 0 saturated carbocycles. The first kappa shape index (κ1) is 16.7. The van der Waals surface area contributed by atoms with Crippen LogP contribution in [0.2, 0.25) is 0 Å². The molecule has 0 fully saturated rings. The summed E-state index contributed by atoms with van der Waals surface area (Å²) < 4.78 is 1.40. The molecule has 6 heteroatoms. The van der Waals surface area contributed by atoms with Crippen LogP contribution in [0.5, 0.6) is 0 Å². The molecule has 126 valence electrons. The summed E-state index contributed by atoms with van der Waals surface area (Å²) in [5.41, 5.74) is 4.02. The third kappa shape index (κ3) is 3.54. The molecule has 1 atom stereocenters. The molecule has 3 rings (SSSR count). The van der Waals surface area contributed by atoms with Crippen LogP contribution < -0.4 is 5.32 Å². The van der Waals surface area contributed by atoms with Gasteiger partial charge in [-0.3, -0.25) is 4.79 Å². The van der Waals surface area contributed by atoms with Crippen molar-refractivity contribution in [2.24, 2.45) is 0 Å². The maximum absolute atomic E-state index is 12.3. The molecule has 1 aromatic carbocycles. The van der Waals surface area contributed by atoms with Gasteiger partial charge in [0.25, 0.3) is 0 Å². The molecule has 1 N–H and O–H groups in total. The van der Waals surface area contributed by atoms with Crippen molar-refractivity contribution in [3.8, 4) is 12.1 Å². The number of imidazole rings is 1. The van der Waals surface area contributed by atoms with E-state index in [-0.39, 0.29) is 29.9 Å². The van der Waals surface area contributed by atoms with Gasteiger partial charge in [0.05, 0.1) is 12.4 Å². The minimum Gasteiger partial charge on any atom is -0.348 e. The Morgan fingerprint density at radius 3 is 2.76 bits per heavy atom. The molecule has 0 unspecified atom stereocenters. The van der Waals surface area contributed by atoms with E-state index in [9.17, 15) is 4.79 Å². The summed E-state index contributed by atoms with van der Waals surface area (Å²) in [7, 11) is 0. The largest absolute Gasteiger partial charge is 0.348 e. The number of hydrogen-bond donors (Lipinski definition) is 1. The number of nitrogens with zero attached hydrogens (tertiary/aromatic N) is 4. The van der Waals surface area contributed by atoms with Crippen molar-refractivity contribution in [3.05, 3.63) is 52.6 Å². The van der Waals surface area contributed by atoms with E-state index in [1.165, 1.54) is 34.9 Å². The second-order valence-corrected chi connectivity index (χ2v) is 6.32. The summed E-state index contributed by atoms with van der Waals surface area (Å²) in [5, 5.41) is 21.0. The maximum Gasteiger partial charge on any atom is 0.240 e. The molecule has 1 aliphatic carbocycles. The number of aryl methyl sites for hydroxylation is 2. The van der Waals surface area contributed by atoms with Crippen molar-refractivity contribution in [2.75, 3.05) is 0 Å². The van der Waals surface area contributed by atoms with E-state index in [1.807, 2.05) is 19.1 Å². The van der Waals surface area contributed by atoms with Crippen molar-refractivity contribution in [1.29, 1.82) is 10.5 Å². The Balaban J connectivity index is 1.68. The average Bonchev–Trinajstić information content (AvgIpc) is 3.02. The summed E-state index contributed by atoms with van der Waals surface area (Å²) in [6.07, 6.45) is 6.04. The number of carbonyl (C=O) groups excluding carboxylic acids is 1. The number of rotatable bonds is 4. The Morgan fingerprint density at radius 1 is 1.28 bits per heavy atom. The van der Waals surface area contributed by atoms with Crippen LogP contribution in [0.4, 0.5) is 0 Å². The zero-order chi connectivity index (χ0) is 17.8. The predicted octanol–water partition coefficient (Wildman–Crippen LogP) is 2.38. The molecule has 0 radical (unpaired) electrons. The molecule has 1 aliphatic rings. The first-order valence-electron chi connectivity index (χ1n) is 8.38. The highest BCUT2D eigenvalue weighted by Gasteiger charge is 2.16. The number of nitriles is 2. The second kappa shape index (κ2) is 7.19. The lowest BCUT2D eigenvalue weighted by molar-refractivity contribution is -0.122. The molecular formula is C19H19N5O. The van der Waals surface area contributed by atoms with E-state index in [2.05, 4.69) is 28.5 Å². The fourth-order valence-electron chi connectivity index (χ4n) is 3.25. The summed E-state index contributed by atoms with van der Waals surface area (Å²) >= 11 is 0. The van der Waals surface area contributed by atoms with Gasteiger partial charge < -0.3 is 9.88 Å². The number of benzene rings is 1. The molecule has 0 spiro atoms. The topological polar surface area (TPSA) is 94.5 Å². The van der Waals surface area contributed by atoms with Gasteiger partial charge in [-0.2, -0.15) is 10.5 Å². The first-order chi connectivity index (χ1) is 12.1. The Labute approximate surface area is 146 Å². The highest BCUT2D eigenvalue weighted by molar-refractivity contribution is 5.76. The van der Waals surface area contributed by atoms with Crippen LogP contribution in [-0.4, -0.2) is 15.5 Å². The number of amides is 1. The molecule has 0 aliphatic heterocycles. The van der Waals surface area contributed by atoms with Crippen LogP contribution in [0.15, 0.2) is 24.5 Å². The van der Waals surface area contributed by atoms with Crippen LogP contribution in [0.3, 0.4) is 0 Å². The number of fused-ring (bicyclic) bond motifs is 1. The number of nitrogens with one attached hydrogen (secondary N) is 1. The van der Waals surface area contributed by atoms with Gasteiger partial charge in [-0.25, -0.2) is 4.98 Å². The summed E-state index contributed by atoms with van der Waals surface area (Å²) in [6, 6.07) is 10.1. The van der Waals surface area contributed by atoms with E-state index in [1.54, 1.807) is 0 Å². The zero-order valence-electron chi connectivity index (χ0n) is 14.1. The number of aromatic nitrogens is 2. The van der Waals surface area contributed by atoms with E-state index in [0.29, 0.717) is 0 Å². The van der Waals surface area contributed by atoms with E-state index in [4.69, 9.17) is 10.5 Å². The minimum atomic E-state index is -0.219. The Kier molecular flexibility index (Phi) is 4.81. The van der Waals surface area contributed by atoms with Crippen LogP contribution in [0.25, 0.3) is 0 Å². The van der Waals surface area contributed by atoms with Gasteiger partial charge in [0.1, 0.15) is 18.7 Å². The molecule has 0 bridgehead atoms. The van der Waals surface area contributed by atoms with Crippen LogP contribution in [0.1, 0.15) is 53.9 Å².